The Balaban J connectivity index is 1.86. The Kier molecular flexibility index (Phi) is 4.99. The molecule has 0 saturated carbocycles. The zero-order valence-electron chi connectivity index (χ0n) is 14.2. The van der Waals surface area contributed by atoms with Gasteiger partial charge in [0.2, 0.25) is 0 Å². The maximum absolute atomic E-state index is 12.1. The molecule has 3 nitrogen and oxygen atoms in total. The van der Waals surface area contributed by atoms with Crippen LogP contribution in [0.25, 0.3) is 12.2 Å². The lowest BCUT2D eigenvalue weighted by Crippen LogP contribution is -2.39. The van der Waals surface area contributed by atoms with Crippen LogP contribution in [0.3, 0.4) is 0 Å². The number of nitrogens with zero attached hydrogens (tertiary/aromatic N) is 1. The summed E-state index contributed by atoms with van der Waals surface area (Å²) in [6.45, 7) is 5.02. The molecule has 0 saturated heterocycles. The normalized spacial score (nSPS) is 16.9. The molecule has 1 amide bonds. The van der Waals surface area contributed by atoms with E-state index in [2.05, 4.69) is 49.4 Å². The highest BCUT2D eigenvalue weighted by Gasteiger charge is 2.29. The predicted octanol–water partition coefficient (Wildman–Crippen LogP) is 4.93. The van der Waals surface area contributed by atoms with E-state index < -0.39 is 0 Å². The van der Waals surface area contributed by atoms with Crippen molar-refractivity contribution in [3.63, 3.8) is 0 Å². The number of hydrogen-bond acceptors (Lipinski definition) is 2. The van der Waals surface area contributed by atoms with Gasteiger partial charge in [-0.05, 0) is 42.5 Å². The third kappa shape index (κ3) is 3.35. The average Bonchev–Trinajstić information content (AvgIpc) is 2.61. The molecule has 0 spiro atoms. The van der Waals surface area contributed by atoms with Crippen molar-refractivity contribution >= 4 is 18.2 Å². The smallest absolute Gasteiger partial charge is 0.410 e. The van der Waals surface area contributed by atoms with Crippen LogP contribution in [-0.2, 0) is 11.2 Å². The lowest BCUT2D eigenvalue weighted by atomic mass is 9.89. The Morgan fingerprint density at radius 1 is 1.17 bits per heavy atom. The van der Waals surface area contributed by atoms with E-state index in [1.807, 2.05) is 30.0 Å². The summed E-state index contributed by atoms with van der Waals surface area (Å²) in [6, 6.07) is 16.7. The number of ether oxygens (including phenoxy) is 1. The Bertz CT molecular complexity index is 737. The zero-order valence-corrected chi connectivity index (χ0v) is 14.2. The monoisotopic (exact) mass is 321 g/mol. The lowest BCUT2D eigenvalue weighted by Gasteiger charge is -2.35. The molecule has 24 heavy (non-hydrogen) atoms. The average molecular weight is 321 g/mol. The van der Waals surface area contributed by atoms with Gasteiger partial charge in [-0.25, -0.2) is 4.79 Å². The number of amides is 1. The van der Waals surface area contributed by atoms with Crippen LogP contribution >= 0.6 is 0 Å². The van der Waals surface area contributed by atoms with Crippen LogP contribution in [0.5, 0.6) is 0 Å². The highest BCUT2D eigenvalue weighted by molar-refractivity contribution is 5.73. The number of rotatable bonds is 3. The third-order valence-corrected chi connectivity index (χ3v) is 4.53. The summed E-state index contributed by atoms with van der Waals surface area (Å²) >= 11 is 0. The first kappa shape index (κ1) is 16.3. The SMILES string of the molecule is CCOC(=O)N1CCc2c(/C=C/c3ccccc3)cccc2C1C. The molecule has 0 radical (unpaired) electrons. The molecule has 1 aliphatic rings. The Labute approximate surface area is 143 Å². The Morgan fingerprint density at radius 2 is 1.96 bits per heavy atom. The first-order chi connectivity index (χ1) is 11.7. The Hall–Kier alpha value is -2.55. The fourth-order valence-corrected chi connectivity index (χ4v) is 3.26. The van der Waals surface area contributed by atoms with E-state index >= 15 is 0 Å². The molecule has 1 heterocycles. The minimum Gasteiger partial charge on any atom is -0.450 e. The van der Waals surface area contributed by atoms with Crippen molar-refractivity contribution in [2.45, 2.75) is 26.3 Å². The molecule has 124 valence electrons. The molecule has 2 aromatic carbocycles. The van der Waals surface area contributed by atoms with Gasteiger partial charge in [-0.1, -0.05) is 60.7 Å². The van der Waals surface area contributed by atoms with E-state index in [1.165, 1.54) is 22.3 Å². The summed E-state index contributed by atoms with van der Waals surface area (Å²) < 4.78 is 5.18. The molecule has 2 aromatic rings. The van der Waals surface area contributed by atoms with Crippen LogP contribution < -0.4 is 0 Å². The van der Waals surface area contributed by atoms with Gasteiger partial charge in [0, 0.05) is 6.54 Å². The molecule has 1 aliphatic heterocycles. The fourth-order valence-electron chi connectivity index (χ4n) is 3.26. The van der Waals surface area contributed by atoms with E-state index in [0.29, 0.717) is 13.2 Å². The van der Waals surface area contributed by atoms with Gasteiger partial charge in [0.1, 0.15) is 0 Å². The van der Waals surface area contributed by atoms with E-state index in [4.69, 9.17) is 4.74 Å². The molecular weight excluding hydrogens is 298 g/mol. The van der Waals surface area contributed by atoms with Crippen LogP contribution in [0.15, 0.2) is 48.5 Å². The van der Waals surface area contributed by atoms with E-state index in [-0.39, 0.29) is 12.1 Å². The second-order valence-corrected chi connectivity index (χ2v) is 5.98. The molecular formula is C21H23NO2. The summed E-state index contributed by atoms with van der Waals surface area (Å²) in [4.78, 5) is 13.9. The fraction of sp³-hybridized carbons (Fsp3) is 0.286. The van der Waals surface area contributed by atoms with Gasteiger partial charge >= 0.3 is 6.09 Å². The number of carbonyl (C=O) groups is 1. The summed E-state index contributed by atoms with van der Waals surface area (Å²) in [5.74, 6) is 0. The van der Waals surface area contributed by atoms with Gasteiger partial charge in [0.15, 0.2) is 0 Å². The van der Waals surface area contributed by atoms with Crippen molar-refractivity contribution in [1.82, 2.24) is 4.90 Å². The maximum Gasteiger partial charge on any atom is 0.410 e. The van der Waals surface area contributed by atoms with Crippen LogP contribution in [-0.4, -0.2) is 24.1 Å². The van der Waals surface area contributed by atoms with Gasteiger partial charge in [0.05, 0.1) is 12.6 Å². The van der Waals surface area contributed by atoms with Gasteiger partial charge in [-0.3, -0.25) is 0 Å². The third-order valence-electron chi connectivity index (χ3n) is 4.53. The molecule has 0 aromatic heterocycles. The Morgan fingerprint density at radius 3 is 2.71 bits per heavy atom. The topological polar surface area (TPSA) is 29.5 Å². The van der Waals surface area contributed by atoms with Crippen molar-refractivity contribution < 1.29 is 9.53 Å². The molecule has 3 heteroatoms. The first-order valence-corrected chi connectivity index (χ1v) is 8.49. The molecule has 3 rings (SSSR count). The minimum atomic E-state index is -0.221. The maximum atomic E-state index is 12.1. The number of fused-ring (bicyclic) bond motifs is 1. The van der Waals surface area contributed by atoms with Crippen molar-refractivity contribution in [2.24, 2.45) is 0 Å². The van der Waals surface area contributed by atoms with Crippen molar-refractivity contribution in [3.8, 4) is 0 Å². The summed E-state index contributed by atoms with van der Waals surface area (Å²) in [7, 11) is 0. The minimum absolute atomic E-state index is 0.0397. The molecule has 0 fully saturated rings. The number of hydrogen-bond donors (Lipinski definition) is 0. The molecule has 0 aliphatic carbocycles. The first-order valence-electron chi connectivity index (χ1n) is 8.49. The van der Waals surface area contributed by atoms with Crippen molar-refractivity contribution in [2.75, 3.05) is 13.2 Å². The van der Waals surface area contributed by atoms with Gasteiger partial charge < -0.3 is 9.64 Å². The van der Waals surface area contributed by atoms with E-state index in [0.717, 1.165) is 6.42 Å². The van der Waals surface area contributed by atoms with Gasteiger partial charge in [-0.2, -0.15) is 0 Å². The largest absolute Gasteiger partial charge is 0.450 e. The summed E-state index contributed by atoms with van der Waals surface area (Å²) in [5.41, 5.74) is 4.96. The van der Waals surface area contributed by atoms with Crippen LogP contribution in [0.4, 0.5) is 4.79 Å². The highest BCUT2D eigenvalue weighted by Crippen LogP contribution is 2.32. The standard InChI is InChI=1S/C21H23NO2/c1-3-24-21(23)22-15-14-20-18(10-7-11-19(20)16(22)2)13-12-17-8-5-4-6-9-17/h4-13,16H,3,14-15H2,1-2H3/b13-12+. The second kappa shape index (κ2) is 7.35. The van der Waals surface area contributed by atoms with E-state index in [1.54, 1.807) is 0 Å². The van der Waals surface area contributed by atoms with Crippen molar-refractivity contribution in [1.29, 1.82) is 0 Å². The van der Waals surface area contributed by atoms with E-state index in [9.17, 15) is 4.79 Å². The molecule has 0 bridgehead atoms. The van der Waals surface area contributed by atoms with Gasteiger partial charge in [-0.15, -0.1) is 0 Å². The molecule has 1 atom stereocenters. The van der Waals surface area contributed by atoms with Gasteiger partial charge in [0.25, 0.3) is 0 Å². The molecule has 0 N–H and O–H groups in total. The summed E-state index contributed by atoms with van der Waals surface area (Å²) in [5, 5.41) is 0. The summed E-state index contributed by atoms with van der Waals surface area (Å²) in [6.07, 6.45) is 4.94. The highest BCUT2D eigenvalue weighted by atomic mass is 16.6. The number of carbonyl (C=O) groups excluding carboxylic acids is 1. The van der Waals surface area contributed by atoms with Crippen molar-refractivity contribution in [3.05, 3.63) is 70.8 Å². The van der Waals surface area contributed by atoms with Crippen LogP contribution in [0.1, 0.15) is 42.1 Å². The molecule has 1 unspecified atom stereocenters. The predicted molar refractivity (Wildman–Crippen MR) is 97.7 cm³/mol. The quantitative estimate of drug-likeness (QED) is 0.750. The zero-order chi connectivity index (χ0) is 16.9. The van der Waals surface area contributed by atoms with Crippen LogP contribution in [0, 0.1) is 0 Å². The second-order valence-electron chi connectivity index (χ2n) is 5.98. The number of benzene rings is 2. The lowest BCUT2D eigenvalue weighted by molar-refractivity contribution is 0.0901. The van der Waals surface area contributed by atoms with Crippen LogP contribution in [0.2, 0.25) is 0 Å².